The van der Waals surface area contributed by atoms with Crippen LogP contribution in [0.4, 0.5) is 0 Å². The molecule has 0 N–H and O–H groups in total. The van der Waals surface area contributed by atoms with Crippen LogP contribution >= 0.6 is 0 Å². The summed E-state index contributed by atoms with van der Waals surface area (Å²) in [5.74, 6) is 0.992. The molecule has 0 unspecified atom stereocenters. The van der Waals surface area contributed by atoms with Gasteiger partial charge in [0.2, 0.25) is 0 Å². The summed E-state index contributed by atoms with van der Waals surface area (Å²) in [5.41, 5.74) is 2.33. The molecule has 0 amide bonds. The van der Waals surface area contributed by atoms with Gasteiger partial charge in [-0.25, -0.2) is 0 Å². The molecule has 1 nitrogen and oxygen atoms in total. The van der Waals surface area contributed by atoms with Crippen molar-refractivity contribution in [3.63, 3.8) is 0 Å². The van der Waals surface area contributed by atoms with Gasteiger partial charge in [-0.1, -0.05) is 24.8 Å². The zero-order valence-corrected chi connectivity index (χ0v) is 6.79. The van der Waals surface area contributed by atoms with Crippen LogP contribution < -0.4 is 0 Å². The molecular formula is C11H10O. The first-order valence-corrected chi connectivity index (χ1v) is 3.95. The van der Waals surface area contributed by atoms with Crippen molar-refractivity contribution in [1.82, 2.24) is 0 Å². The average Bonchev–Trinajstić information content (AvgIpc) is 2.65. The van der Waals surface area contributed by atoms with E-state index in [1.54, 1.807) is 6.26 Å². The second kappa shape index (κ2) is 2.86. The quantitative estimate of drug-likeness (QED) is 0.645. The molecule has 0 aliphatic heterocycles. The summed E-state index contributed by atoms with van der Waals surface area (Å²) >= 11 is 0. The minimum absolute atomic E-state index is 0.846. The van der Waals surface area contributed by atoms with Gasteiger partial charge in [-0.2, -0.15) is 0 Å². The van der Waals surface area contributed by atoms with Crippen LogP contribution in [0.1, 0.15) is 5.76 Å². The Hall–Kier alpha value is -1.50. The molecule has 1 heterocycles. The van der Waals surface area contributed by atoms with E-state index in [1.165, 1.54) is 5.57 Å². The summed E-state index contributed by atoms with van der Waals surface area (Å²) in [6.45, 7) is 3.92. The summed E-state index contributed by atoms with van der Waals surface area (Å²) in [4.78, 5) is 0. The molecular weight excluding hydrogens is 148 g/mol. The Bertz CT molecular complexity index is 339. The van der Waals surface area contributed by atoms with Crippen molar-refractivity contribution < 1.29 is 4.42 Å². The molecule has 0 spiro atoms. The van der Waals surface area contributed by atoms with Crippen LogP contribution in [-0.4, -0.2) is 0 Å². The van der Waals surface area contributed by atoms with Crippen molar-refractivity contribution in [2.24, 2.45) is 0 Å². The molecule has 1 aromatic heterocycles. The molecule has 1 aromatic rings. The van der Waals surface area contributed by atoms with Gasteiger partial charge in [0, 0.05) is 6.42 Å². The van der Waals surface area contributed by atoms with Crippen molar-refractivity contribution in [2.45, 2.75) is 6.42 Å². The fourth-order valence-corrected chi connectivity index (χ4v) is 1.27. The smallest absolute Gasteiger partial charge is 0.108 e. The first kappa shape index (κ1) is 7.17. The fourth-order valence-electron chi connectivity index (χ4n) is 1.27. The molecule has 0 atom stereocenters. The molecule has 0 saturated carbocycles. The molecule has 0 bridgehead atoms. The van der Waals surface area contributed by atoms with E-state index in [-0.39, 0.29) is 0 Å². The lowest BCUT2D eigenvalue weighted by Crippen LogP contribution is -1.86. The molecule has 2 rings (SSSR count). The van der Waals surface area contributed by atoms with Crippen LogP contribution in [0.15, 0.2) is 58.8 Å². The van der Waals surface area contributed by atoms with Crippen molar-refractivity contribution in [2.75, 3.05) is 0 Å². The Morgan fingerprint density at radius 2 is 2.33 bits per heavy atom. The Labute approximate surface area is 71.7 Å². The van der Waals surface area contributed by atoms with E-state index < -0.39 is 0 Å². The maximum Gasteiger partial charge on any atom is 0.108 e. The fraction of sp³-hybridized carbons (Fsp3) is 0.0909. The van der Waals surface area contributed by atoms with Gasteiger partial charge < -0.3 is 4.42 Å². The van der Waals surface area contributed by atoms with Gasteiger partial charge in [0.1, 0.15) is 5.76 Å². The maximum absolute atomic E-state index is 5.23. The highest BCUT2D eigenvalue weighted by Gasteiger charge is 2.06. The second-order valence-corrected chi connectivity index (χ2v) is 2.83. The lowest BCUT2D eigenvalue weighted by atomic mass is 10.1. The zero-order chi connectivity index (χ0) is 8.39. The summed E-state index contributed by atoms with van der Waals surface area (Å²) < 4.78 is 5.23. The first-order chi connectivity index (χ1) is 5.86. The average molecular weight is 158 g/mol. The van der Waals surface area contributed by atoms with Gasteiger partial charge in [-0.3, -0.25) is 0 Å². The molecule has 0 radical (unpaired) electrons. The summed E-state index contributed by atoms with van der Waals surface area (Å²) in [6, 6.07) is 3.88. The SMILES string of the molecule is C=C1C=CC=C1Cc1ccco1. The minimum Gasteiger partial charge on any atom is -0.469 e. The highest BCUT2D eigenvalue weighted by Crippen LogP contribution is 2.20. The summed E-state index contributed by atoms with van der Waals surface area (Å²) in [5, 5.41) is 0. The molecule has 0 aromatic carbocycles. The van der Waals surface area contributed by atoms with Gasteiger partial charge in [0.15, 0.2) is 0 Å². The van der Waals surface area contributed by atoms with Crippen LogP contribution in [0.5, 0.6) is 0 Å². The van der Waals surface area contributed by atoms with Gasteiger partial charge in [0.05, 0.1) is 6.26 Å². The third kappa shape index (κ3) is 1.26. The van der Waals surface area contributed by atoms with Crippen LogP contribution in [0.3, 0.4) is 0 Å². The third-order valence-corrected chi connectivity index (χ3v) is 1.95. The van der Waals surface area contributed by atoms with Crippen LogP contribution in [-0.2, 0) is 6.42 Å². The lowest BCUT2D eigenvalue weighted by molar-refractivity contribution is 0.520. The summed E-state index contributed by atoms with van der Waals surface area (Å²) in [6.07, 6.45) is 8.64. The van der Waals surface area contributed by atoms with Crippen LogP contribution in [0.25, 0.3) is 0 Å². The number of allylic oxidation sites excluding steroid dienone is 5. The Balaban J connectivity index is 2.11. The van der Waals surface area contributed by atoms with Crippen molar-refractivity contribution in [3.05, 3.63) is 60.1 Å². The monoisotopic (exact) mass is 158 g/mol. The molecule has 12 heavy (non-hydrogen) atoms. The normalized spacial score (nSPS) is 15.3. The molecule has 1 aliphatic rings. The Morgan fingerprint density at radius 1 is 1.42 bits per heavy atom. The first-order valence-electron chi connectivity index (χ1n) is 3.95. The van der Waals surface area contributed by atoms with E-state index in [4.69, 9.17) is 4.42 Å². The second-order valence-electron chi connectivity index (χ2n) is 2.83. The Morgan fingerprint density at radius 3 is 2.92 bits per heavy atom. The predicted octanol–water partition coefficient (Wildman–Crippen LogP) is 2.87. The largest absolute Gasteiger partial charge is 0.469 e. The highest BCUT2D eigenvalue weighted by molar-refractivity contribution is 5.47. The molecule has 60 valence electrons. The number of hydrogen-bond donors (Lipinski definition) is 0. The molecule has 1 heteroatoms. The van der Waals surface area contributed by atoms with Crippen molar-refractivity contribution in [1.29, 1.82) is 0 Å². The van der Waals surface area contributed by atoms with E-state index >= 15 is 0 Å². The highest BCUT2D eigenvalue weighted by atomic mass is 16.3. The van der Waals surface area contributed by atoms with Gasteiger partial charge in [-0.05, 0) is 23.3 Å². The maximum atomic E-state index is 5.23. The lowest BCUT2D eigenvalue weighted by Gasteiger charge is -1.99. The summed E-state index contributed by atoms with van der Waals surface area (Å²) in [7, 11) is 0. The van der Waals surface area contributed by atoms with E-state index in [2.05, 4.69) is 12.7 Å². The molecule has 0 fully saturated rings. The van der Waals surface area contributed by atoms with Crippen LogP contribution in [0, 0.1) is 0 Å². The Kier molecular flexibility index (Phi) is 1.71. The van der Waals surface area contributed by atoms with Gasteiger partial charge >= 0.3 is 0 Å². The zero-order valence-electron chi connectivity index (χ0n) is 6.79. The van der Waals surface area contributed by atoms with E-state index in [9.17, 15) is 0 Å². The minimum atomic E-state index is 0.846. The number of furan rings is 1. The third-order valence-electron chi connectivity index (χ3n) is 1.95. The molecule has 0 saturated heterocycles. The topological polar surface area (TPSA) is 13.1 Å². The predicted molar refractivity (Wildman–Crippen MR) is 48.8 cm³/mol. The van der Waals surface area contributed by atoms with E-state index in [0.717, 1.165) is 17.8 Å². The molecule has 1 aliphatic carbocycles. The van der Waals surface area contributed by atoms with Crippen LogP contribution in [0.2, 0.25) is 0 Å². The van der Waals surface area contributed by atoms with Crippen molar-refractivity contribution >= 4 is 0 Å². The number of hydrogen-bond acceptors (Lipinski definition) is 1. The van der Waals surface area contributed by atoms with E-state index in [1.807, 2.05) is 24.3 Å². The van der Waals surface area contributed by atoms with Gasteiger partial charge in [-0.15, -0.1) is 0 Å². The van der Waals surface area contributed by atoms with E-state index in [0.29, 0.717) is 0 Å². The van der Waals surface area contributed by atoms with Gasteiger partial charge in [0.25, 0.3) is 0 Å². The number of rotatable bonds is 2. The van der Waals surface area contributed by atoms with Crippen molar-refractivity contribution in [3.8, 4) is 0 Å². The standard InChI is InChI=1S/C11H10O/c1-9-4-2-5-10(9)8-11-6-3-7-12-11/h2-7H,1,8H2.